The van der Waals surface area contributed by atoms with E-state index in [1.807, 2.05) is 18.2 Å². The minimum atomic E-state index is -4.50. The Morgan fingerprint density at radius 2 is 1.64 bits per heavy atom. The van der Waals surface area contributed by atoms with Crippen molar-refractivity contribution in [3.8, 4) is 0 Å². The Balaban J connectivity index is 1.43. The molecule has 1 heterocycles. The van der Waals surface area contributed by atoms with Gasteiger partial charge in [-0.15, -0.1) is 0 Å². The van der Waals surface area contributed by atoms with E-state index in [0.717, 1.165) is 38.5 Å². The molecule has 0 atom stereocenters. The van der Waals surface area contributed by atoms with Crippen LogP contribution in [0.15, 0.2) is 54.6 Å². The van der Waals surface area contributed by atoms with Crippen molar-refractivity contribution in [3.05, 3.63) is 65.7 Å². The quantitative estimate of drug-likeness (QED) is 0.773. The zero-order valence-corrected chi connectivity index (χ0v) is 15.5. The standard InChI is InChI=1S/C21H24F3N3O/c22-21(23,24)18-8-4-5-9-19(18)26-20(28)25-14-16-10-12-27(13-11-16)15-17-6-2-1-3-7-17/h1-9,16H,10-15H2,(H2,25,26,28). The van der Waals surface area contributed by atoms with Crippen LogP contribution in [0.5, 0.6) is 0 Å². The number of hydrogen-bond donors (Lipinski definition) is 2. The molecule has 28 heavy (non-hydrogen) atoms. The van der Waals surface area contributed by atoms with Gasteiger partial charge in [0.1, 0.15) is 0 Å². The molecule has 150 valence electrons. The van der Waals surface area contributed by atoms with E-state index in [1.165, 1.54) is 23.8 Å². The number of rotatable bonds is 5. The number of alkyl halides is 3. The summed E-state index contributed by atoms with van der Waals surface area (Å²) in [6.45, 7) is 3.26. The summed E-state index contributed by atoms with van der Waals surface area (Å²) in [6, 6.07) is 14.6. The molecule has 0 aliphatic carbocycles. The summed E-state index contributed by atoms with van der Waals surface area (Å²) in [7, 11) is 0. The van der Waals surface area contributed by atoms with Crippen molar-refractivity contribution in [1.82, 2.24) is 10.2 Å². The van der Waals surface area contributed by atoms with E-state index in [0.29, 0.717) is 12.5 Å². The highest BCUT2D eigenvalue weighted by Gasteiger charge is 2.33. The normalized spacial score (nSPS) is 16.0. The number of halogens is 3. The van der Waals surface area contributed by atoms with Crippen molar-refractivity contribution in [2.24, 2.45) is 5.92 Å². The maximum atomic E-state index is 13.0. The molecule has 1 saturated heterocycles. The first-order valence-corrected chi connectivity index (χ1v) is 9.39. The largest absolute Gasteiger partial charge is 0.418 e. The van der Waals surface area contributed by atoms with Crippen LogP contribution < -0.4 is 10.6 Å². The third kappa shape index (κ3) is 5.73. The number of hydrogen-bond acceptors (Lipinski definition) is 2. The van der Waals surface area contributed by atoms with Gasteiger partial charge in [-0.05, 0) is 49.5 Å². The van der Waals surface area contributed by atoms with Crippen molar-refractivity contribution in [1.29, 1.82) is 0 Å². The molecular formula is C21H24F3N3O. The van der Waals surface area contributed by atoms with E-state index >= 15 is 0 Å². The molecule has 0 radical (unpaired) electrons. The average Bonchev–Trinajstić information content (AvgIpc) is 2.68. The van der Waals surface area contributed by atoms with Crippen LogP contribution in [0.3, 0.4) is 0 Å². The first kappa shape index (κ1) is 20.2. The van der Waals surface area contributed by atoms with E-state index in [9.17, 15) is 18.0 Å². The number of nitrogens with one attached hydrogen (secondary N) is 2. The summed E-state index contributed by atoms with van der Waals surface area (Å²) in [5.74, 6) is 0.329. The van der Waals surface area contributed by atoms with Gasteiger partial charge in [0.2, 0.25) is 0 Å². The highest BCUT2D eigenvalue weighted by atomic mass is 19.4. The Morgan fingerprint density at radius 1 is 1.00 bits per heavy atom. The van der Waals surface area contributed by atoms with Crippen molar-refractivity contribution in [2.75, 3.05) is 25.0 Å². The third-order valence-electron chi connectivity index (χ3n) is 4.99. The Bertz CT molecular complexity index is 772. The fourth-order valence-electron chi connectivity index (χ4n) is 3.43. The van der Waals surface area contributed by atoms with Crippen LogP contribution in [0.25, 0.3) is 0 Å². The molecule has 7 heteroatoms. The number of amides is 2. The van der Waals surface area contributed by atoms with E-state index in [1.54, 1.807) is 0 Å². The van der Waals surface area contributed by atoms with Crippen LogP contribution >= 0.6 is 0 Å². The van der Waals surface area contributed by atoms with Gasteiger partial charge in [0.25, 0.3) is 0 Å². The van der Waals surface area contributed by atoms with Gasteiger partial charge in [0.05, 0.1) is 11.3 Å². The number of benzene rings is 2. The van der Waals surface area contributed by atoms with E-state index in [4.69, 9.17) is 0 Å². The molecule has 0 saturated carbocycles. The zero-order valence-electron chi connectivity index (χ0n) is 15.5. The predicted molar refractivity (Wildman–Crippen MR) is 103 cm³/mol. The Morgan fingerprint density at radius 3 is 2.32 bits per heavy atom. The Labute approximate surface area is 162 Å². The van der Waals surface area contributed by atoms with E-state index in [-0.39, 0.29) is 5.69 Å². The summed E-state index contributed by atoms with van der Waals surface area (Å²) in [6.07, 6.45) is -2.60. The van der Waals surface area contributed by atoms with Crippen LogP contribution in [0.4, 0.5) is 23.7 Å². The molecule has 0 unspecified atom stereocenters. The number of likely N-dealkylation sites (tertiary alicyclic amines) is 1. The van der Waals surface area contributed by atoms with Gasteiger partial charge in [-0.3, -0.25) is 4.90 Å². The number of para-hydroxylation sites is 1. The van der Waals surface area contributed by atoms with Crippen molar-refractivity contribution < 1.29 is 18.0 Å². The van der Waals surface area contributed by atoms with Gasteiger partial charge in [-0.1, -0.05) is 42.5 Å². The number of urea groups is 1. The molecule has 3 rings (SSSR count). The number of anilines is 1. The minimum Gasteiger partial charge on any atom is -0.338 e. The number of nitrogens with zero attached hydrogens (tertiary/aromatic N) is 1. The van der Waals surface area contributed by atoms with Gasteiger partial charge in [-0.25, -0.2) is 4.79 Å². The Hall–Kier alpha value is -2.54. The van der Waals surface area contributed by atoms with E-state index in [2.05, 4.69) is 27.7 Å². The second-order valence-electron chi connectivity index (χ2n) is 7.08. The molecule has 2 N–H and O–H groups in total. The lowest BCUT2D eigenvalue weighted by Gasteiger charge is -2.32. The van der Waals surface area contributed by atoms with Crippen LogP contribution in [-0.4, -0.2) is 30.6 Å². The second kappa shape index (κ2) is 9.10. The number of carbonyl (C=O) groups is 1. The summed E-state index contributed by atoms with van der Waals surface area (Å²) < 4.78 is 39.0. The average molecular weight is 391 g/mol. The molecule has 0 aromatic heterocycles. The molecule has 1 fully saturated rings. The second-order valence-corrected chi connectivity index (χ2v) is 7.08. The monoisotopic (exact) mass is 391 g/mol. The third-order valence-corrected chi connectivity index (χ3v) is 4.99. The molecular weight excluding hydrogens is 367 g/mol. The summed E-state index contributed by atoms with van der Waals surface area (Å²) in [4.78, 5) is 14.4. The lowest BCUT2D eigenvalue weighted by Crippen LogP contribution is -2.39. The highest BCUT2D eigenvalue weighted by molar-refractivity contribution is 5.90. The summed E-state index contributed by atoms with van der Waals surface area (Å²) >= 11 is 0. The molecule has 1 aliphatic heterocycles. The highest BCUT2D eigenvalue weighted by Crippen LogP contribution is 2.34. The lowest BCUT2D eigenvalue weighted by molar-refractivity contribution is -0.136. The van der Waals surface area contributed by atoms with Gasteiger partial charge in [0, 0.05) is 13.1 Å². The van der Waals surface area contributed by atoms with Gasteiger partial charge in [0.15, 0.2) is 0 Å². The van der Waals surface area contributed by atoms with Gasteiger partial charge >= 0.3 is 12.2 Å². The fraction of sp³-hybridized carbons (Fsp3) is 0.381. The van der Waals surface area contributed by atoms with Crippen molar-refractivity contribution in [3.63, 3.8) is 0 Å². The molecule has 0 spiro atoms. The molecule has 1 aliphatic rings. The molecule has 2 aromatic rings. The zero-order chi connectivity index (χ0) is 20.0. The summed E-state index contributed by atoms with van der Waals surface area (Å²) in [5.41, 5.74) is 0.200. The van der Waals surface area contributed by atoms with Gasteiger partial charge in [-0.2, -0.15) is 13.2 Å². The first-order valence-electron chi connectivity index (χ1n) is 9.39. The Kier molecular flexibility index (Phi) is 6.57. The number of piperidine rings is 1. The molecule has 2 aromatic carbocycles. The fourth-order valence-corrected chi connectivity index (χ4v) is 3.43. The topological polar surface area (TPSA) is 44.4 Å². The van der Waals surface area contributed by atoms with Crippen LogP contribution in [0.1, 0.15) is 24.0 Å². The molecule has 4 nitrogen and oxygen atoms in total. The predicted octanol–water partition coefficient (Wildman–Crippen LogP) is 4.74. The number of carbonyl (C=O) groups excluding carboxylic acids is 1. The SMILES string of the molecule is O=C(NCC1CCN(Cc2ccccc2)CC1)Nc1ccccc1C(F)(F)F. The van der Waals surface area contributed by atoms with Crippen molar-refractivity contribution >= 4 is 11.7 Å². The maximum Gasteiger partial charge on any atom is 0.418 e. The maximum absolute atomic E-state index is 13.0. The minimum absolute atomic E-state index is 0.231. The molecule has 2 amide bonds. The first-order chi connectivity index (χ1) is 13.4. The van der Waals surface area contributed by atoms with Crippen LogP contribution in [-0.2, 0) is 12.7 Å². The molecule has 0 bridgehead atoms. The van der Waals surface area contributed by atoms with E-state index < -0.39 is 17.8 Å². The van der Waals surface area contributed by atoms with Crippen LogP contribution in [0.2, 0.25) is 0 Å². The van der Waals surface area contributed by atoms with Crippen molar-refractivity contribution in [2.45, 2.75) is 25.6 Å². The smallest absolute Gasteiger partial charge is 0.338 e. The lowest BCUT2D eigenvalue weighted by atomic mass is 9.96. The van der Waals surface area contributed by atoms with Crippen LogP contribution in [0, 0.1) is 5.92 Å². The van der Waals surface area contributed by atoms with Gasteiger partial charge < -0.3 is 10.6 Å². The summed E-state index contributed by atoms with van der Waals surface area (Å²) in [5, 5.41) is 5.03.